The summed E-state index contributed by atoms with van der Waals surface area (Å²) >= 11 is 0. The molecule has 0 saturated carbocycles. The van der Waals surface area contributed by atoms with Crippen LogP contribution in [0.1, 0.15) is 19.4 Å². The van der Waals surface area contributed by atoms with Crippen LogP contribution in [-0.4, -0.2) is 53.7 Å². The highest BCUT2D eigenvalue weighted by molar-refractivity contribution is 5.64. The molecule has 0 bridgehead atoms. The van der Waals surface area contributed by atoms with E-state index < -0.39 is 4.92 Å². The van der Waals surface area contributed by atoms with Crippen molar-refractivity contribution >= 4 is 11.5 Å². The number of nitro groups is 1. The first-order chi connectivity index (χ1) is 11.0. The summed E-state index contributed by atoms with van der Waals surface area (Å²) in [5, 5.41) is 23.5. The number of morpholine rings is 1. The summed E-state index contributed by atoms with van der Waals surface area (Å²) in [4.78, 5) is 17.1. The molecule has 0 spiro atoms. The average molecular weight is 319 g/mol. The molecule has 1 aliphatic rings. The van der Waals surface area contributed by atoms with Gasteiger partial charge in [0.25, 0.3) is 0 Å². The van der Waals surface area contributed by atoms with E-state index in [0.717, 1.165) is 19.6 Å². The van der Waals surface area contributed by atoms with Crippen molar-refractivity contribution in [2.45, 2.75) is 19.9 Å². The maximum absolute atomic E-state index is 11.3. The van der Waals surface area contributed by atoms with Gasteiger partial charge in [-0.25, -0.2) is 4.98 Å². The van der Waals surface area contributed by atoms with E-state index in [4.69, 9.17) is 10.00 Å². The molecule has 1 aromatic rings. The minimum absolute atomic E-state index is 0.00626. The van der Waals surface area contributed by atoms with E-state index in [9.17, 15) is 10.1 Å². The number of anilines is 1. The van der Waals surface area contributed by atoms with Crippen LogP contribution in [0.25, 0.3) is 0 Å². The summed E-state index contributed by atoms with van der Waals surface area (Å²) in [5.74, 6) is 0.408. The summed E-state index contributed by atoms with van der Waals surface area (Å²) < 4.78 is 5.34. The highest BCUT2D eigenvalue weighted by atomic mass is 16.6. The normalized spacial score (nSPS) is 16.8. The van der Waals surface area contributed by atoms with Crippen LogP contribution in [-0.2, 0) is 4.74 Å². The molecule has 2 rings (SSSR count). The van der Waals surface area contributed by atoms with E-state index in [-0.39, 0.29) is 29.0 Å². The van der Waals surface area contributed by atoms with Crippen molar-refractivity contribution in [2.24, 2.45) is 5.92 Å². The fourth-order valence-electron chi connectivity index (χ4n) is 2.50. The van der Waals surface area contributed by atoms with E-state index in [1.807, 2.05) is 6.07 Å². The lowest BCUT2D eigenvalue weighted by molar-refractivity contribution is -0.384. The fraction of sp³-hybridized carbons (Fsp3) is 0.600. The second-order valence-electron chi connectivity index (χ2n) is 5.83. The van der Waals surface area contributed by atoms with Crippen LogP contribution in [0.15, 0.2) is 12.3 Å². The Labute approximate surface area is 135 Å². The van der Waals surface area contributed by atoms with Gasteiger partial charge in [-0.05, 0) is 12.0 Å². The van der Waals surface area contributed by atoms with Crippen molar-refractivity contribution in [3.8, 4) is 6.07 Å². The molecule has 2 heterocycles. The molecule has 1 atom stereocenters. The molecular formula is C15H21N5O3. The second kappa shape index (κ2) is 7.85. The minimum atomic E-state index is -0.556. The minimum Gasteiger partial charge on any atom is -0.379 e. The van der Waals surface area contributed by atoms with Crippen LogP contribution in [0.5, 0.6) is 0 Å². The molecule has 8 heteroatoms. The standard InChI is InChI=1S/C15H21N5O3/c1-11(2)13(10-19-5-7-23-8-6-19)18-15-14(20(21)22)12(9-16)3-4-17-15/h3-4,11,13H,5-8,10H2,1-2H3,(H,17,18)/t13-/m0/s1. The van der Waals surface area contributed by atoms with Crippen LogP contribution in [0.2, 0.25) is 0 Å². The smallest absolute Gasteiger partial charge is 0.328 e. The van der Waals surface area contributed by atoms with E-state index in [0.29, 0.717) is 13.2 Å². The Morgan fingerprint density at radius 1 is 1.52 bits per heavy atom. The Hall–Kier alpha value is -2.24. The molecule has 0 unspecified atom stereocenters. The molecule has 23 heavy (non-hydrogen) atoms. The van der Waals surface area contributed by atoms with E-state index >= 15 is 0 Å². The lowest BCUT2D eigenvalue weighted by Crippen LogP contribution is -2.45. The first-order valence-corrected chi connectivity index (χ1v) is 7.63. The van der Waals surface area contributed by atoms with Crippen molar-refractivity contribution in [3.05, 3.63) is 27.9 Å². The van der Waals surface area contributed by atoms with Crippen LogP contribution >= 0.6 is 0 Å². The molecule has 0 radical (unpaired) electrons. The molecule has 0 aliphatic carbocycles. The summed E-state index contributed by atoms with van der Waals surface area (Å²) in [6.07, 6.45) is 1.42. The zero-order chi connectivity index (χ0) is 16.8. The Balaban J connectivity index is 2.19. The first kappa shape index (κ1) is 17.1. The molecule has 1 aliphatic heterocycles. The molecule has 1 N–H and O–H groups in total. The van der Waals surface area contributed by atoms with Crippen LogP contribution in [0.4, 0.5) is 11.5 Å². The first-order valence-electron chi connectivity index (χ1n) is 7.63. The van der Waals surface area contributed by atoms with Gasteiger partial charge in [-0.1, -0.05) is 13.8 Å². The maximum atomic E-state index is 11.3. The zero-order valence-corrected chi connectivity index (χ0v) is 13.4. The van der Waals surface area contributed by atoms with Gasteiger partial charge in [0.1, 0.15) is 11.6 Å². The van der Waals surface area contributed by atoms with Gasteiger partial charge in [-0.15, -0.1) is 0 Å². The molecule has 1 fully saturated rings. The topological polar surface area (TPSA) is 104 Å². The second-order valence-corrected chi connectivity index (χ2v) is 5.83. The number of pyridine rings is 1. The molecular weight excluding hydrogens is 298 g/mol. The number of rotatable bonds is 6. The van der Waals surface area contributed by atoms with Crippen molar-refractivity contribution in [1.29, 1.82) is 5.26 Å². The van der Waals surface area contributed by atoms with Gasteiger partial charge >= 0.3 is 5.69 Å². The van der Waals surface area contributed by atoms with Crippen molar-refractivity contribution in [1.82, 2.24) is 9.88 Å². The fourth-order valence-corrected chi connectivity index (χ4v) is 2.50. The summed E-state index contributed by atoms with van der Waals surface area (Å²) in [6.45, 7) is 7.95. The Morgan fingerprint density at radius 2 is 2.22 bits per heavy atom. The third kappa shape index (κ3) is 4.37. The summed E-state index contributed by atoms with van der Waals surface area (Å²) in [6, 6.07) is 3.20. The van der Waals surface area contributed by atoms with E-state index in [1.54, 1.807) is 0 Å². The predicted octanol–water partition coefficient (Wildman–Crippen LogP) is 1.63. The van der Waals surface area contributed by atoms with Crippen LogP contribution in [0, 0.1) is 27.4 Å². The van der Waals surface area contributed by atoms with Crippen molar-refractivity contribution in [3.63, 3.8) is 0 Å². The highest BCUT2D eigenvalue weighted by Gasteiger charge is 2.26. The third-order valence-corrected chi connectivity index (χ3v) is 3.91. The lowest BCUT2D eigenvalue weighted by Gasteiger charge is -2.32. The number of ether oxygens (including phenoxy) is 1. The van der Waals surface area contributed by atoms with E-state index in [2.05, 4.69) is 29.0 Å². The van der Waals surface area contributed by atoms with Gasteiger partial charge in [0, 0.05) is 31.9 Å². The monoisotopic (exact) mass is 319 g/mol. The van der Waals surface area contributed by atoms with Gasteiger partial charge in [-0.3, -0.25) is 15.0 Å². The van der Waals surface area contributed by atoms with Crippen molar-refractivity contribution in [2.75, 3.05) is 38.2 Å². The van der Waals surface area contributed by atoms with Crippen LogP contribution in [0.3, 0.4) is 0 Å². The van der Waals surface area contributed by atoms with Gasteiger partial charge in [0.15, 0.2) is 0 Å². The predicted molar refractivity (Wildman–Crippen MR) is 85.1 cm³/mol. The quantitative estimate of drug-likeness (QED) is 0.627. The number of aromatic nitrogens is 1. The zero-order valence-electron chi connectivity index (χ0n) is 13.4. The molecule has 8 nitrogen and oxygen atoms in total. The van der Waals surface area contributed by atoms with E-state index in [1.165, 1.54) is 12.3 Å². The number of hydrogen-bond acceptors (Lipinski definition) is 7. The van der Waals surface area contributed by atoms with Gasteiger partial charge in [-0.2, -0.15) is 5.26 Å². The highest BCUT2D eigenvalue weighted by Crippen LogP contribution is 2.27. The summed E-state index contributed by atoms with van der Waals surface area (Å²) in [7, 11) is 0. The van der Waals surface area contributed by atoms with Crippen molar-refractivity contribution < 1.29 is 9.66 Å². The number of hydrogen-bond donors (Lipinski definition) is 1. The average Bonchev–Trinajstić information content (AvgIpc) is 2.54. The number of nitriles is 1. The maximum Gasteiger partial charge on any atom is 0.328 e. The lowest BCUT2D eigenvalue weighted by atomic mass is 10.0. The largest absolute Gasteiger partial charge is 0.379 e. The Kier molecular flexibility index (Phi) is 5.84. The third-order valence-electron chi connectivity index (χ3n) is 3.91. The molecule has 1 saturated heterocycles. The number of nitrogens with zero attached hydrogens (tertiary/aromatic N) is 4. The summed E-state index contributed by atoms with van der Waals surface area (Å²) in [5.41, 5.74) is -0.246. The van der Waals surface area contributed by atoms with Gasteiger partial charge < -0.3 is 10.1 Å². The van der Waals surface area contributed by atoms with Gasteiger partial charge in [0.05, 0.1) is 18.1 Å². The SMILES string of the molecule is CC(C)[C@H](CN1CCOCC1)Nc1nccc(C#N)c1[N+](=O)[O-]. The Bertz CT molecular complexity index is 593. The molecule has 0 amide bonds. The number of nitrogens with one attached hydrogen (secondary N) is 1. The molecule has 1 aromatic heterocycles. The van der Waals surface area contributed by atoms with Crippen LogP contribution < -0.4 is 5.32 Å². The molecule has 0 aromatic carbocycles. The molecule has 124 valence electrons. The Morgan fingerprint density at radius 3 is 2.78 bits per heavy atom. The van der Waals surface area contributed by atoms with Gasteiger partial charge in [0.2, 0.25) is 5.82 Å².